The molecular formula is C21H38N4NaS2. The molecule has 0 amide bonds. The molecule has 0 fully saturated rings. The first-order valence-electron chi connectivity index (χ1n) is 10.8. The van der Waals surface area contributed by atoms with Crippen LogP contribution in [0.5, 0.6) is 0 Å². The number of anilines is 1. The molecule has 1 radical (unpaired) electrons. The third-order valence-electron chi connectivity index (χ3n) is 4.65. The van der Waals surface area contributed by atoms with Gasteiger partial charge in [-0.15, -0.1) is 0 Å². The summed E-state index contributed by atoms with van der Waals surface area (Å²) in [6.07, 6.45) is 23.3. The van der Waals surface area contributed by atoms with Crippen LogP contribution in [0.3, 0.4) is 0 Å². The Kier molecular flexibility index (Phi) is 20.3. The summed E-state index contributed by atoms with van der Waals surface area (Å²) in [6.45, 7) is 3.18. The van der Waals surface area contributed by atoms with Gasteiger partial charge in [-0.3, -0.25) is 0 Å². The van der Waals surface area contributed by atoms with Gasteiger partial charge >= 0.3 is 0 Å². The molecule has 28 heavy (non-hydrogen) atoms. The van der Waals surface area contributed by atoms with Crippen molar-refractivity contribution in [2.45, 2.75) is 96.8 Å². The second kappa shape index (κ2) is 20.3. The summed E-state index contributed by atoms with van der Waals surface area (Å²) in [5, 5.41) is 3.25. The Balaban J connectivity index is 0.00000729. The Morgan fingerprint density at radius 2 is 1.32 bits per heavy atom. The van der Waals surface area contributed by atoms with Gasteiger partial charge in [-0.1, -0.05) is 76.9 Å². The Morgan fingerprint density at radius 3 is 1.89 bits per heavy atom. The maximum absolute atomic E-state index is 5.04. The van der Waals surface area contributed by atoms with Crippen molar-refractivity contribution in [3.05, 3.63) is 21.7 Å². The summed E-state index contributed by atoms with van der Waals surface area (Å²) in [5.74, 6) is 0.663. The van der Waals surface area contributed by atoms with Gasteiger partial charge in [0.25, 0.3) is 0 Å². The van der Waals surface area contributed by atoms with Crippen LogP contribution < -0.4 is 5.32 Å². The number of aromatic amines is 2. The number of nitrogens with one attached hydrogen (secondary N) is 3. The first-order chi connectivity index (χ1) is 13.2. The van der Waals surface area contributed by atoms with Crippen molar-refractivity contribution >= 4 is 59.9 Å². The van der Waals surface area contributed by atoms with E-state index in [9.17, 15) is 0 Å². The van der Waals surface area contributed by atoms with E-state index in [0.717, 1.165) is 13.0 Å². The third-order valence-corrected chi connectivity index (χ3v) is 5.04. The molecule has 1 rings (SSSR count). The number of hydrogen-bond acceptors (Lipinski definition) is 4. The molecule has 0 unspecified atom stereocenters. The van der Waals surface area contributed by atoms with E-state index < -0.39 is 0 Å². The van der Waals surface area contributed by atoms with Crippen LogP contribution in [0, 0.1) is 9.54 Å². The van der Waals surface area contributed by atoms with E-state index in [1.807, 2.05) is 0 Å². The van der Waals surface area contributed by atoms with E-state index in [-0.39, 0.29) is 29.6 Å². The van der Waals surface area contributed by atoms with Gasteiger partial charge in [-0.25, -0.2) is 0 Å². The molecule has 0 saturated carbocycles. The van der Waals surface area contributed by atoms with Crippen molar-refractivity contribution in [1.82, 2.24) is 15.0 Å². The summed E-state index contributed by atoms with van der Waals surface area (Å²) >= 11 is 10.1. The molecule has 155 valence electrons. The SMILES string of the molecule is CCCCCCCC/C=C\CCCCCCCCNc1nc(=S)[nH]c(=S)[nH]1.[Na]. The van der Waals surface area contributed by atoms with Gasteiger partial charge in [0.15, 0.2) is 4.77 Å². The minimum Gasteiger partial charge on any atom is -0.356 e. The second-order valence-electron chi connectivity index (χ2n) is 7.21. The molecule has 1 heterocycles. The van der Waals surface area contributed by atoms with E-state index in [1.54, 1.807) is 0 Å². The van der Waals surface area contributed by atoms with E-state index in [0.29, 0.717) is 15.5 Å². The molecule has 7 heteroatoms. The van der Waals surface area contributed by atoms with E-state index in [1.165, 1.54) is 83.5 Å². The maximum atomic E-state index is 5.04. The van der Waals surface area contributed by atoms with Crippen molar-refractivity contribution in [3.8, 4) is 0 Å². The third kappa shape index (κ3) is 16.9. The van der Waals surface area contributed by atoms with Gasteiger partial charge in [-0.2, -0.15) is 4.98 Å². The van der Waals surface area contributed by atoms with Crippen LogP contribution >= 0.6 is 24.4 Å². The van der Waals surface area contributed by atoms with Gasteiger partial charge in [0.05, 0.1) is 0 Å². The number of H-pyrrole nitrogens is 2. The van der Waals surface area contributed by atoms with Crippen LogP contribution in [0.4, 0.5) is 5.95 Å². The van der Waals surface area contributed by atoms with Crippen LogP contribution in [-0.2, 0) is 0 Å². The van der Waals surface area contributed by atoms with Gasteiger partial charge in [0.1, 0.15) is 0 Å². The number of allylic oxidation sites excluding steroid dienone is 2. The van der Waals surface area contributed by atoms with E-state index in [2.05, 4.69) is 39.3 Å². The molecule has 0 saturated heterocycles. The largest absolute Gasteiger partial charge is 0.356 e. The maximum Gasteiger partial charge on any atom is 0.205 e. The zero-order valence-corrected chi connectivity index (χ0v) is 21.7. The molecule has 0 atom stereocenters. The van der Waals surface area contributed by atoms with Crippen molar-refractivity contribution in [3.63, 3.8) is 0 Å². The number of hydrogen-bond donors (Lipinski definition) is 3. The molecule has 0 aliphatic heterocycles. The Morgan fingerprint density at radius 1 is 0.786 bits per heavy atom. The molecule has 0 aliphatic carbocycles. The first-order valence-corrected chi connectivity index (χ1v) is 11.6. The Labute approximate surface area is 204 Å². The number of aromatic nitrogens is 3. The quantitative estimate of drug-likeness (QED) is 0.105. The molecule has 1 aromatic heterocycles. The smallest absolute Gasteiger partial charge is 0.205 e. The summed E-state index contributed by atoms with van der Waals surface area (Å²) < 4.78 is 0.931. The molecular weight excluding hydrogens is 395 g/mol. The van der Waals surface area contributed by atoms with Crippen LogP contribution in [0.15, 0.2) is 12.2 Å². The monoisotopic (exact) mass is 433 g/mol. The van der Waals surface area contributed by atoms with Crippen molar-refractivity contribution in [2.75, 3.05) is 11.9 Å². The van der Waals surface area contributed by atoms with Crippen LogP contribution in [0.25, 0.3) is 0 Å². The van der Waals surface area contributed by atoms with Crippen LogP contribution in [0.2, 0.25) is 0 Å². The fraction of sp³-hybridized carbons (Fsp3) is 0.762. The van der Waals surface area contributed by atoms with Crippen molar-refractivity contribution < 1.29 is 0 Å². The summed E-state index contributed by atoms with van der Waals surface area (Å²) in [4.78, 5) is 9.92. The predicted molar refractivity (Wildman–Crippen MR) is 128 cm³/mol. The first kappa shape index (κ1) is 28.0. The Hall–Kier alpha value is -0.0100. The minimum atomic E-state index is 0. The number of nitrogens with zero attached hydrogens (tertiary/aromatic N) is 1. The van der Waals surface area contributed by atoms with E-state index >= 15 is 0 Å². The summed E-state index contributed by atoms with van der Waals surface area (Å²) in [5.41, 5.74) is 0. The standard InChI is InChI=1S/C21H38N4S2.Na/c1-2-3-4-5-6-7-8-9-10-11-12-13-14-15-16-17-18-22-19-23-20(26)25-21(27)24-19;/h9-10H,2-8,11-18H2,1H3,(H3,22,23,24,25,26,27);/b10-9-;. The molecule has 0 bridgehead atoms. The average Bonchev–Trinajstić information content (AvgIpc) is 2.63. The molecule has 3 N–H and O–H groups in total. The molecule has 0 spiro atoms. The molecule has 1 aromatic rings. The van der Waals surface area contributed by atoms with Gasteiger partial charge in [0.2, 0.25) is 10.7 Å². The second-order valence-corrected chi connectivity index (χ2v) is 8.00. The zero-order chi connectivity index (χ0) is 19.6. The average molecular weight is 434 g/mol. The van der Waals surface area contributed by atoms with E-state index in [4.69, 9.17) is 24.4 Å². The summed E-state index contributed by atoms with van der Waals surface area (Å²) in [7, 11) is 0. The fourth-order valence-corrected chi connectivity index (χ4v) is 3.51. The minimum absolute atomic E-state index is 0. The van der Waals surface area contributed by atoms with Gasteiger partial charge in [-0.05, 0) is 56.5 Å². The zero-order valence-electron chi connectivity index (χ0n) is 18.0. The predicted octanol–water partition coefficient (Wildman–Crippen LogP) is 7.27. The van der Waals surface area contributed by atoms with Crippen molar-refractivity contribution in [2.24, 2.45) is 0 Å². The van der Waals surface area contributed by atoms with Gasteiger partial charge < -0.3 is 15.3 Å². The molecule has 0 aromatic carbocycles. The fourth-order valence-electron chi connectivity index (χ4n) is 3.06. The topological polar surface area (TPSA) is 56.5 Å². The Bertz CT molecular complexity index is 585. The number of rotatable bonds is 17. The van der Waals surface area contributed by atoms with Crippen LogP contribution in [-0.4, -0.2) is 51.1 Å². The van der Waals surface area contributed by atoms with Crippen molar-refractivity contribution in [1.29, 1.82) is 0 Å². The van der Waals surface area contributed by atoms with Crippen LogP contribution in [0.1, 0.15) is 96.8 Å². The normalized spacial score (nSPS) is 10.9. The molecule has 4 nitrogen and oxygen atoms in total. The molecule has 0 aliphatic rings. The number of unbranched alkanes of at least 4 members (excludes halogenated alkanes) is 12. The summed E-state index contributed by atoms with van der Waals surface area (Å²) in [6, 6.07) is 0. The van der Waals surface area contributed by atoms with Gasteiger partial charge in [0, 0.05) is 36.1 Å².